The van der Waals surface area contributed by atoms with Crippen LogP contribution in [0.3, 0.4) is 0 Å². The van der Waals surface area contributed by atoms with E-state index in [0.29, 0.717) is 10.8 Å². The van der Waals surface area contributed by atoms with Gasteiger partial charge in [0.1, 0.15) is 0 Å². The molecule has 0 aromatic carbocycles. The number of hydrogen-bond donors (Lipinski definition) is 1. The molecule has 0 aliphatic carbocycles. The van der Waals surface area contributed by atoms with Crippen molar-refractivity contribution in [2.24, 2.45) is 0 Å². The Morgan fingerprint density at radius 2 is 1.94 bits per heavy atom. The molecule has 0 spiro atoms. The maximum atomic E-state index is 3.44. The van der Waals surface area contributed by atoms with Crippen LogP contribution in [0.5, 0.6) is 0 Å². The number of aryl methyl sites for hydroxylation is 1. The summed E-state index contributed by atoms with van der Waals surface area (Å²) in [7, 11) is 2.07. The van der Waals surface area contributed by atoms with Crippen LogP contribution in [0, 0.1) is 0 Å². The Kier molecular flexibility index (Phi) is 6.04. The van der Waals surface area contributed by atoms with Crippen molar-refractivity contribution in [2.75, 3.05) is 12.8 Å². The monoisotopic (exact) mass is 271 g/mol. The molecule has 1 rings (SSSR count). The van der Waals surface area contributed by atoms with Gasteiger partial charge in [0.2, 0.25) is 0 Å². The lowest BCUT2D eigenvalue weighted by Gasteiger charge is -2.22. The van der Waals surface area contributed by atoms with Crippen LogP contribution in [0.4, 0.5) is 0 Å². The summed E-state index contributed by atoms with van der Waals surface area (Å²) in [5.41, 5.74) is 0. The van der Waals surface area contributed by atoms with Crippen LogP contribution >= 0.6 is 23.1 Å². The van der Waals surface area contributed by atoms with E-state index in [1.165, 1.54) is 15.5 Å². The van der Waals surface area contributed by atoms with E-state index in [1.807, 2.05) is 23.1 Å². The Morgan fingerprint density at radius 3 is 2.41 bits per heavy atom. The Morgan fingerprint density at radius 1 is 1.29 bits per heavy atom. The molecule has 1 nitrogen and oxygen atoms in total. The van der Waals surface area contributed by atoms with Crippen molar-refractivity contribution in [1.82, 2.24) is 5.32 Å². The molecule has 1 unspecified atom stereocenters. The summed E-state index contributed by atoms with van der Waals surface area (Å²) in [6.07, 6.45) is 2.32. The minimum atomic E-state index is 0.360. The van der Waals surface area contributed by atoms with Crippen molar-refractivity contribution >= 4 is 23.1 Å². The van der Waals surface area contributed by atoms with Crippen LogP contribution in [-0.4, -0.2) is 23.6 Å². The van der Waals surface area contributed by atoms with Crippen molar-refractivity contribution in [3.05, 3.63) is 21.9 Å². The smallest absolute Gasteiger partial charge is 0.0203 e. The zero-order chi connectivity index (χ0) is 12.9. The maximum absolute atomic E-state index is 3.44. The van der Waals surface area contributed by atoms with Gasteiger partial charge in [-0.25, -0.2) is 0 Å². The average molecular weight is 271 g/mol. The predicted molar refractivity (Wildman–Crippen MR) is 82.5 cm³/mol. The number of thiophene rings is 1. The topological polar surface area (TPSA) is 12.0 Å². The molecule has 98 valence electrons. The van der Waals surface area contributed by atoms with Crippen LogP contribution in [0.1, 0.15) is 37.4 Å². The third-order valence-corrected chi connectivity index (χ3v) is 5.33. The van der Waals surface area contributed by atoms with Crippen LogP contribution < -0.4 is 5.32 Å². The van der Waals surface area contributed by atoms with E-state index < -0.39 is 0 Å². The molecule has 0 bridgehead atoms. The van der Waals surface area contributed by atoms with E-state index in [-0.39, 0.29) is 0 Å². The van der Waals surface area contributed by atoms with E-state index in [1.54, 1.807) is 0 Å². The highest BCUT2D eigenvalue weighted by Gasteiger charge is 2.15. The van der Waals surface area contributed by atoms with Gasteiger partial charge in [-0.15, -0.1) is 11.3 Å². The SMILES string of the molecule is CCc1ccc(CC(CSC(C)(C)C)NC)s1. The lowest BCUT2D eigenvalue weighted by Crippen LogP contribution is -2.31. The first-order valence-electron chi connectivity index (χ1n) is 6.33. The fourth-order valence-electron chi connectivity index (χ4n) is 1.56. The molecule has 0 saturated heterocycles. The third kappa shape index (κ3) is 5.94. The predicted octanol–water partition coefficient (Wildman–Crippen LogP) is 3.97. The minimum absolute atomic E-state index is 0.360. The molecule has 1 N–H and O–H groups in total. The van der Waals surface area contributed by atoms with Crippen molar-refractivity contribution in [3.63, 3.8) is 0 Å². The summed E-state index contributed by atoms with van der Waals surface area (Å²) in [5.74, 6) is 1.18. The normalized spacial score (nSPS) is 13.9. The van der Waals surface area contributed by atoms with Gasteiger partial charge in [0.15, 0.2) is 0 Å². The number of rotatable bonds is 6. The Bertz CT molecular complexity index is 325. The summed E-state index contributed by atoms with van der Waals surface area (Å²) >= 11 is 4.00. The van der Waals surface area contributed by atoms with E-state index >= 15 is 0 Å². The highest BCUT2D eigenvalue weighted by Crippen LogP contribution is 2.25. The molecular weight excluding hydrogens is 246 g/mol. The molecule has 1 atom stereocenters. The molecule has 1 aromatic heterocycles. The van der Waals surface area contributed by atoms with Crippen molar-refractivity contribution in [3.8, 4) is 0 Å². The highest BCUT2D eigenvalue weighted by atomic mass is 32.2. The van der Waals surface area contributed by atoms with Crippen LogP contribution in [0.2, 0.25) is 0 Å². The van der Waals surface area contributed by atoms with Gasteiger partial charge in [0.05, 0.1) is 0 Å². The average Bonchev–Trinajstić information content (AvgIpc) is 2.70. The highest BCUT2D eigenvalue weighted by molar-refractivity contribution is 8.00. The van der Waals surface area contributed by atoms with Crippen LogP contribution in [0.25, 0.3) is 0 Å². The molecule has 1 heterocycles. The number of likely N-dealkylation sites (N-methyl/N-ethyl adjacent to an activating group) is 1. The lowest BCUT2D eigenvalue weighted by molar-refractivity contribution is 0.618. The Labute approximate surface area is 114 Å². The molecule has 17 heavy (non-hydrogen) atoms. The van der Waals surface area contributed by atoms with Crippen LogP contribution in [0.15, 0.2) is 12.1 Å². The Hall–Kier alpha value is 0.01000. The van der Waals surface area contributed by atoms with Crippen LogP contribution in [-0.2, 0) is 12.8 Å². The Balaban J connectivity index is 2.46. The number of nitrogens with one attached hydrogen (secondary N) is 1. The second-order valence-corrected chi connectivity index (χ2v) is 8.43. The maximum Gasteiger partial charge on any atom is 0.0203 e. The zero-order valence-electron chi connectivity index (χ0n) is 11.7. The van der Waals surface area contributed by atoms with Gasteiger partial charge >= 0.3 is 0 Å². The van der Waals surface area contributed by atoms with E-state index in [4.69, 9.17) is 0 Å². The standard InChI is InChI=1S/C14H25NS2/c1-6-12-7-8-13(17-12)9-11(15-5)10-16-14(2,3)4/h7-8,11,15H,6,9-10H2,1-5H3. The van der Waals surface area contributed by atoms with Gasteiger partial charge in [-0.2, -0.15) is 11.8 Å². The zero-order valence-corrected chi connectivity index (χ0v) is 13.3. The molecule has 0 fully saturated rings. The summed E-state index contributed by atoms with van der Waals surface area (Å²) in [5, 5.41) is 3.44. The van der Waals surface area contributed by atoms with Gasteiger partial charge in [-0.05, 0) is 32.0 Å². The molecular formula is C14H25NS2. The minimum Gasteiger partial charge on any atom is -0.316 e. The fraction of sp³-hybridized carbons (Fsp3) is 0.714. The van der Waals surface area contributed by atoms with Gasteiger partial charge in [-0.3, -0.25) is 0 Å². The third-order valence-electron chi connectivity index (χ3n) is 2.64. The molecule has 0 radical (unpaired) electrons. The van der Waals surface area contributed by atoms with Gasteiger partial charge in [0.25, 0.3) is 0 Å². The van der Waals surface area contributed by atoms with E-state index in [2.05, 4.69) is 52.2 Å². The van der Waals surface area contributed by atoms with Gasteiger partial charge in [0, 0.05) is 26.3 Å². The number of hydrogen-bond acceptors (Lipinski definition) is 3. The quantitative estimate of drug-likeness (QED) is 0.840. The summed E-state index contributed by atoms with van der Waals surface area (Å²) < 4.78 is 0.360. The largest absolute Gasteiger partial charge is 0.316 e. The molecule has 3 heteroatoms. The second-order valence-electron chi connectivity index (χ2n) is 5.33. The van der Waals surface area contributed by atoms with Crippen molar-refractivity contribution < 1.29 is 0 Å². The first-order valence-corrected chi connectivity index (χ1v) is 8.13. The molecule has 0 aliphatic heterocycles. The molecule has 0 saturated carbocycles. The van der Waals surface area contributed by atoms with Gasteiger partial charge < -0.3 is 5.32 Å². The fourth-order valence-corrected chi connectivity index (χ4v) is 3.58. The number of thioether (sulfide) groups is 1. The molecule has 1 aromatic rings. The van der Waals surface area contributed by atoms with E-state index in [0.717, 1.165) is 12.8 Å². The first kappa shape index (κ1) is 15.1. The van der Waals surface area contributed by atoms with Gasteiger partial charge in [-0.1, -0.05) is 27.7 Å². The summed E-state index contributed by atoms with van der Waals surface area (Å²) in [6.45, 7) is 9.07. The first-order chi connectivity index (χ1) is 7.94. The van der Waals surface area contributed by atoms with E-state index in [9.17, 15) is 0 Å². The van der Waals surface area contributed by atoms with Crippen molar-refractivity contribution in [2.45, 2.75) is 51.3 Å². The summed E-state index contributed by atoms with van der Waals surface area (Å²) in [6, 6.07) is 5.14. The lowest BCUT2D eigenvalue weighted by atomic mass is 10.2. The van der Waals surface area contributed by atoms with Crippen molar-refractivity contribution in [1.29, 1.82) is 0 Å². The molecule has 0 amide bonds. The second kappa shape index (κ2) is 6.81. The summed E-state index contributed by atoms with van der Waals surface area (Å²) in [4.78, 5) is 3.01. The molecule has 0 aliphatic rings.